The van der Waals surface area contributed by atoms with E-state index in [4.69, 9.17) is 20.8 Å². The Balaban J connectivity index is 1.55. The molecule has 3 rings (SSSR count). The lowest BCUT2D eigenvalue weighted by Crippen LogP contribution is -2.30. The first-order chi connectivity index (χ1) is 14.2. The molecule has 0 aliphatic carbocycles. The zero-order valence-corrected chi connectivity index (χ0v) is 17.0. The van der Waals surface area contributed by atoms with Crippen molar-refractivity contribution < 1.29 is 23.7 Å². The fourth-order valence-corrected chi connectivity index (χ4v) is 2.84. The van der Waals surface area contributed by atoms with Crippen LogP contribution >= 0.6 is 11.6 Å². The van der Waals surface area contributed by atoms with Gasteiger partial charge in [0.25, 0.3) is 11.6 Å². The summed E-state index contributed by atoms with van der Waals surface area (Å²) in [7, 11) is 3.03. The highest BCUT2D eigenvalue weighted by Gasteiger charge is 2.21. The molecule has 1 amide bonds. The van der Waals surface area contributed by atoms with Crippen molar-refractivity contribution in [2.45, 2.75) is 6.54 Å². The topological polar surface area (TPSA) is 108 Å². The normalized spacial score (nSPS) is 10.6. The quantitative estimate of drug-likeness (QED) is 0.321. The molecular formula is C20H18ClN3O6. The molecule has 2 aromatic heterocycles. The number of likely N-dealkylation sites (N-methyl/N-ethyl adjacent to an activating group) is 1. The van der Waals surface area contributed by atoms with Crippen LogP contribution < -0.4 is 0 Å². The van der Waals surface area contributed by atoms with Crippen LogP contribution in [0.15, 0.2) is 53.1 Å². The van der Waals surface area contributed by atoms with Gasteiger partial charge in [0.05, 0.1) is 17.7 Å². The van der Waals surface area contributed by atoms with Gasteiger partial charge in [-0.1, -0.05) is 11.6 Å². The summed E-state index contributed by atoms with van der Waals surface area (Å²) < 4.78 is 12.0. The van der Waals surface area contributed by atoms with Crippen molar-refractivity contribution in [3.63, 3.8) is 0 Å². The number of hydrogen-bond acceptors (Lipinski definition) is 6. The van der Waals surface area contributed by atoms with E-state index in [2.05, 4.69) is 0 Å². The van der Waals surface area contributed by atoms with Crippen LogP contribution in [0.1, 0.15) is 16.2 Å². The predicted octanol–water partition coefficient (Wildman–Crippen LogP) is 3.66. The van der Waals surface area contributed by atoms with Gasteiger partial charge >= 0.3 is 5.97 Å². The molecule has 0 atom stereocenters. The van der Waals surface area contributed by atoms with Gasteiger partial charge in [0.1, 0.15) is 17.2 Å². The third-order valence-corrected chi connectivity index (χ3v) is 4.60. The summed E-state index contributed by atoms with van der Waals surface area (Å²) in [4.78, 5) is 35.9. The molecule has 0 aliphatic rings. The summed E-state index contributed by atoms with van der Waals surface area (Å²) in [6.45, 7) is -0.321. The largest absolute Gasteiger partial charge is 0.459 e. The van der Waals surface area contributed by atoms with Crippen molar-refractivity contribution in [3.05, 3.63) is 75.3 Å². The van der Waals surface area contributed by atoms with Crippen LogP contribution in [0.5, 0.6) is 0 Å². The number of aromatic nitrogens is 1. The second-order valence-corrected chi connectivity index (χ2v) is 6.99. The lowest BCUT2D eigenvalue weighted by atomic mass is 10.2. The molecule has 0 spiro atoms. The first-order valence-corrected chi connectivity index (χ1v) is 9.19. The van der Waals surface area contributed by atoms with Crippen molar-refractivity contribution in [3.8, 4) is 11.3 Å². The number of nitro groups is 1. The van der Waals surface area contributed by atoms with Crippen molar-refractivity contribution in [1.82, 2.24) is 9.47 Å². The number of halogens is 1. The molecule has 0 bridgehead atoms. The number of furan rings is 1. The van der Waals surface area contributed by atoms with Gasteiger partial charge in [-0.25, -0.2) is 4.79 Å². The molecule has 0 saturated heterocycles. The van der Waals surface area contributed by atoms with Gasteiger partial charge in [0.15, 0.2) is 6.61 Å². The predicted molar refractivity (Wildman–Crippen MR) is 108 cm³/mol. The number of esters is 1. The van der Waals surface area contributed by atoms with Crippen LogP contribution in [0.3, 0.4) is 0 Å². The minimum atomic E-state index is -0.824. The van der Waals surface area contributed by atoms with Crippen LogP contribution in [0.4, 0.5) is 5.69 Å². The number of hydrogen-bond donors (Lipinski definition) is 0. The summed E-state index contributed by atoms with van der Waals surface area (Å²) in [6, 6.07) is 11.8. The Morgan fingerprint density at radius 1 is 1.23 bits per heavy atom. The first kappa shape index (κ1) is 21.1. The van der Waals surface area contributed by atoms with Gasteiger partial charge in [-0.2, -0.15) is 0 Å². The van der Waals surface area contributed by atoms with Crippen molar-refractivity contribution in [2.24, 2.45) is 7.05 Å². The third kappa shape index (κ3) is 4.87. The fraction of sp³-hybridized carbons (Fsp3) is 0.200. The molecule has 9 nitrogen and oxygen atoms in total. The number of ether oxygens (including phenoxy) is 1. The van der Waals surface area contributed by atoms with Gasteiger partial charge < -0.3 is 18.6 Å². The zero-order valence-electron chi connectivity index (χ0n) is 16.2. The Morgan fingerprint density at radius 2 is 1.93 bits per heavy atom. The molecule has 1 aromatic carbocycles. The van der Waals surface area contributed by atoms with Gasteiger partial charge in [0.2, 0.25) is 0 Å². The molecule has 0 radical (unpaired) electrons. The van der Waals surface area contributed by atoms with E-state index in [0.29, 0.717) is 16.5 Å². The van der Waals surface area contributed by atoms with E-state index < -0.39 is 23.4 Å². The van der Waals surface area contributed by atoms with Crippen LogP contribution in [0.2, 0.25) is 5.02 Å². The Kier molecular flexibility index (Phi) is 6.22. The number of benzene rings is 1. The highest BCUT2D eigenvalue weighted by Crippen LogP contribution is 2.24. The maximum atomic E-state index is 12.3. The van der Waals surface area contributed by atoms with Crippen molar-refractivity contribution >= 4 is 29.2 Å². The Morgan fingerprint density at radius 3 is 2.57 bits per heavy atom. The number of nitrogens with zero attached hydrogens (tertiary/aromatic N) is 3. The SMILES string of the molecule is CN(Cc1ccc(-c2ccc(Cl)cc2)o1)C(=O)COC(=O)c1cc([N+](=O)[O-])cn1C. The summed E-state index contributed by atoms with van der Waals surface area (Å²) in [5, 5.41) is 11.4. The molecule has 10 heteroatoms. The van der Waals surface area contributed by atoms with E-state index >= 15 is 0 Å². The Labute approximate surface area is 176 Å². The standard InChI is InChI=1S/C20H18ClN3O6/c1-22-10-15(24(27)28)9-17(22)20(26)29-12-19(25)23(2)11-16-7-8-18(30-16)13-3-5-14(21)6-4-13/h3-10H,11-12H2,1-2H3. The summed E-state index contributed by atoms with van der Waals surface area (Å²) in [6.07, 6.45) is 1.19. The molecule has 0 unspecified atom stereocenters. The Hall–Kier alpha value is -3.59. The molecule has 30 heavy (non-hydrogen) atoms. The van der Waals surface area contributed by atoms with Crippen LogP contribution in [-0.2, 0) is 23.1 Å². The van der Waals surface area contributed by atoms with E-state index in [-0.39, 0.29) is 17.9 Å². The lowest BCUT2D eigenvalue weighted by molar-refractivity contribution is -0.384. The number of rotatable bonds is 7. The average molecular weight is 432 g/mol. The lowest BCUT2D eigenvalue weighted by Gasteiger charge is -2.15. The molecule has 2 heterocycles. The van der Waals surface area contributed by atoms with Gasteiger partial charge in [-0.05, 0) is 36.4 Å². The number of amides is 1. The molecule has 0 fully saturated rings. The Bertz CT molecular complexity index is 1090. The van der Waals surface area contributed by atoms with E-state index in [0.717, 1.165) is 11.6 Å². The summed E-state index contributed by atoms with van der Waals surface area (Å²) >= 11 is 5.88. The average Bonchev–Trinajstić information content (AvgIpc) is 3.33. The van der Waals surface area contributed by atoms with Crippen LogP contribution in [-0.4, -0.2) is 39.9 Å². The summed E-state index contributed by atoms with van der Waals surface area (Å²) in [5.74, 6) is -0.0775. The maximum Gasteiger partial charge on any atom is 0.355 e. The van der Waals surface area contributed by atoms with Crippen LogP contribution in [0, 0.1) is 10.1 Å². The molecule has 0 saturated carbocycles. The first-order valence-electron chi connectivity index (χ1n) is 8.81. The van der Waals surface area contributed by atoms with E-state index in [9.17, 15) is 19.7 Å². The second kappa shape index (κ2) is 8.83. The molecule has 0 aliphatic heterocycles. The third-order valence-electron chi connectivity index (χ3n) is 4.35. The molecule has 0 N–H and O–H groups in total. The van der Waals surface area contributed by atoms with Crippen molar-refractivity contribution in [2.75, 3.05) is 13.7 Å². The van der Waals surface area contributed by atoms with E-state index in [1.807, 2.05) is 12.1 Å². The van der Waals surface area contributed by atoms with Gasteiger partial charge in [-0.3, -0.25) is 14.9 Å². The smallest absolute Gasteiger partial charge is 0.355 e. The highest BCUT2D eigenvalue weighted by atomic mass is 35.5. The number of carbonyl (C=O) groups is 2. The maximum absolute atomic E-state index is 12.3. The number of aryl methyl sites for hydroxylation is 1. The molecular weight excluding hydrogens is 414 g/mol. The highest BCUT2D eigenvalue weighted by molar-refractivity contribution is 6.30. The van der Waals surface area contributed by atoms with Crippen LogP contribution in [0.25, 0.3) is 11.3 Å². The zero-order chi connectivity index (χ0) is 21.8. The fourth-order valence-electron chi connectivity index (χ4n) is 2.72. The van der Waals surface area contributed by atoms with Gasteiger partial charge in [-0.15, -0.1) is 0 Å². The molecule has 156 valence electrons. The molecule has 3 aromatic rings. The van der Waals surface area contributed by atoms with E-state index in [1.165, 1.54) is 22.7 Å². The van der Waals surface area contributed by atoms with E-state index in [1.54, 1.807) is 31.3 Å². The minimum absolute atomic E-state index is 0.0178. The number of carbonyl (C=O) groups excluding carboxylic acids is 2. The summed E-state index contributed by atoms with van der Waals surface area (Å²) in [5.41, 5.74) is 0.600. The van der Waals surface area contributed by atoms with Crippen molar-refractivity contribution in [1.29, 1.82) is 0 Å². The second-order valence-electron chi connectivity index (χ2n) is 6.55. The monoisotopic (exact) mass is 431 g/mol. The van der Waals surface area contributed by atoms with Gasteiger partial charge in [0, 0.05) is 30.7 Å². The minimum Gasteiger partial charge on any atom is -0.459 e.